The summed E-state index contributed by atoms with van der Waals surface area (Å²) in [5.74, 6) is -0.875. The van der Waals surface area contributed by atoms with Gasteiger partial charge in [0.15, 0.2) is 12.4 Å². The third kappa shape index (κ3) is 6.13. The Labute approximate surface area is 187 Å². The number of esters is 1. The lowest BCUT2D eigenvalue weighted by atomic mass is 10.2. The van der Waals surface area contributed by atoms with E-state index in [0.29, 0.717) is 16.3 Å². The molecule has 0 unspecified atom stereocenters. The fourth-order valence-corrected chi connectivity index (χ4v) is 2.71. The Hall–Kier alpha value is -4.24. The van der Waals surface area contributed by atoms with E-state index in [4.69, 9.17) is 21.1 Å². The van der Waals surface area contributed by atoms with Crippen molar-refractivity contribution < 1.29 is 24.0 Å². The van der Waals surface area contributed by atoms with Crippen LogP contribution >= 0.6 is 11.6 Å². The molecule has 9 nitrogen and oxygen atoms in total. The zero-order valence-electron chi connectivity index (χ0n) is 16.4. The van der Waals surface area contributed by atoms with Crippen LogP contribution in [-0.4, -0.2) is 29.6 Å². The first-order chi connectivity index (χ1) is 15.4. The van der Waals surface area contributed by atoms with Gasteiger partial charge in [0.05, 0.1) is 21.7 Å². The Balaban J connectivity index is 1.49. The van der Waals surface area contributed by atoms with E-state index in [9.17, 15) is 19.7 Å². The number of ether oxygens (including phenoxy) is 2. The number of carbonyl (C=O) groups excluding carboxylic acids is 2. The van der Waals surface area contributed by atoms with Gasteiger partial charge in [0.1, 0.15) is 5.75 Å². The minimum atomic E-state index is -0.596. The number of nitrogens with zero attached hydrogens (tertiary/aromatic N) is 2. The molecular weight excluding hydrogens is 438 g/mol. The highest BCUT2D eigenvalue weighted by atomic mass is 35.5. The molecule has 1 N–H and O–H groups in total. The number of amides is 1. The van der Waals surface area contributed by atoms with Gasteiger partial charge in [-0.25, -0.2) is 10.2 Å². The van der Waals surface area contributed by atoms with Crippen molar-refractivity contribution in [3.63, 3.8) is 0 Å². The second-order valence-electron chi connectivity index (χ2n) is 6.25. The number of benzene rings is 3. The Morgan fingerprint density at radius 3 is 2.44 bits per heavy atom. The SMILES string of the molecule is O=C(COc1ccccc1[N+](=O)[O-])NN=Cc1ccc(OC(=O)c2ccccc2Cl)cc1. The number of para-hydroxylation sites is 2. The largest absolute Gasteiger partial charge is 0.477 e. The zero-order valence-corrected chi connectivity index (χ0v) is 17.2. The summed E-state index contributed by atoms with van der Waals surface area (Å²) in [5, 5.41) is 15.0. The van der Waals surface area contributed by atoms with Gasteiger partial charge < -0.3 is 9.47 Å². The molecule has 0 heterocycles. The highest BCUT2D eigenvalue weighted by Crippen LogP contribution is 2.25. The second kappa shape index (κ2) is 10.7. The highest BCUT2D eigenvalue weighted by molar-refractivity contribution is 6.33. The Morgan fingerprint density at radius 1 is 1.03 bits per heavy atom. The molecule has 0 aliphatic heterocycles. The number of hydrazone groups is 1. The minimum absolute atomic E-state index is 0.0152. The quantitative estimate of drug-likeness (QED) is 0.181. The number of hydrogen-bond acceptors (Lipinski definition) is 7. The van der Waals surface area contributed by atoms with Crippen molar-refractivity contribution in [3.05, 3.63) is 99.1 Å². The molecule has 0 saturated carbocycles. The van der Waals surface area contributed by atoms with Crippen molar-refractivity contribution >= 4 is 35.4 Å². The number of nitrogens with one attached hydrogen (secondary N) is 1. The molecule has 0 saturated heterocycles. The van der Waals surface area contributed by atoms with Gasteiger partial charge in [-0.05, 0) is 48.0 Å². The van der Waals surface area contributed by atoms with Crippen LogP contribution in [0.25, 0.3) is 0 Å². The average molecular weight is 454 g/mol. The van der Waals surface area contributed by atoms with Crippen molar-refractivity contribution in [2.24, 2.45) is 5.10 Å². The lowest BCUT2D eigenvalue weighted by Crippen LogP contribution is -2.24. The summed E-state index contributed by atoms with van der Waals surface area (Å²) >= 11 is 5.98. The van der Waals surface area contributed by atoms with E-state index in [1.54, 1.807) is 54.6 Å². The normalized spacial score (nSPS) is 10.5. The number of rotatable bonds is 8. The van der Waals surface area contributed by atoms with Crippen LogP contribution in [0, 0.1) is 10.1 Å². The van der Waals surface area contributed by atoms with Gasteiger partial charge in [-0.1, -0.05) is 35.9 Å². The Kier molecular flexibility index (Phi) is 7.50. The molecule has 3 rings (SSSR count). The molecule has 3 aromatic carbocycles. The van der Waals surface area contributed by atoms with E-state index in [1.165, 1.54) is 24.4 Å². The van der Waals surface area contributed by atoms with Gasteiger partial charge >= 0.3 is 11.7 Å². The summed E-state index contributed by atoms with van der Waals surface area (Å²) in [4.78, 5) is 34.3. The van der Waals surface area contributed by atoms with Gasteiger partial charge in [-0.2, -0.15) is 5.10 Å². The number of hydrogen-bond donors (Lipinski definition) is 1. The first kappa shape index (κ1) is 22.4. The maximum atomic E-state index is 12.2. The van der Waals surface area contributed by atoms with Crippen molar-refractivity contribution in [3.8, 4) is 11.5 Å². The summed E-state index contributed by atoms with van der Waals surface area (Å²) in [6.07, 6.45) is 1.38. The van der Waals surface area contributed by atoms with E-state index >= 15 is 0 Å². The lowest BCUT2D eigenvalue weighted by Gasteiger charge is -2.06. The van der Waals surface area contributed by atoms with Crippen LogP contribution in [0.2, 0.25) is 5.02 Å². The van der Waals surface area contributed by atoms with E-state index in [1.807, 2.05) is 0 Å². The van der Waals surface area contributed by atoms with Crippen molar-refractivity contribution in [2.45, 2.75) is 0 Å². The Morgan fingerprint density at radius 2 is 1.72 bits per heavy atom. The molecule has 0 radical (unpaired) electrons. The van der Waals surface area contributed by atoms with Crippen LogP contribution in [0.3, 0.4) is 0 Å². The van der Waals surface area contributed by atoms with Crippen molar-refractivity contribution in [1.82, 2.24) is 5.43 Å². The maximum absolute atomic E-state index is 12.2. The van der Waals surface area contributed by atoms with Crippen LogP contribution in [0.15, 0.2) is 77.9 Å². The van der Waals surface area contributed by atoms with Gasteiger partial charge in [0.2, 0.25) is 0 Å². The minimum Gasteiger partial charge on any atom is -0.477 e. The molecule has 0 spiro atoms. The first-order valence-corrected chi connectivity index (χ1v) is 9.57. The average Bonchev–Trinajstić information content (AvgIpc) is 2.79. The fourth-order valence-electron chi connectivity index (χ4n) is 2.50. The molecule has 1 amide bonds. The third-order valence-electron chi connectivity index (χ3n) is 4.01. The summed E-state index contributed by atoms with van der Waals surface area (Å²) in [6, 6.07) is 18.7. The molecule has 0 aromatic heterocycles. The van der Waals surface area contributed by atoms with Crippen LogP contribution in [0.4, 0.5) is 5.69 Å². The van der Waals surface area contributed by atoms with Crippen LogP contribution in [0.5, 0.6) is 11.5 Å². The van der Waals surface area contributed by atoms with Crippen molar-refractivity contribution in [1.29, 1.82) is 0 Å². The first-order valence-electron chi connectivity index (χ1n) is 9.19. The molecule has 0 aliphatic carbocycles. The highest BCUT2D eigenvalue weighted by Gasteiger charge is 2.15. The fraction of sp³-hybridized carbons (Fsp3) is 0.0455. The second-order valence-corrected chi connectivity index (χ2v) is 6.65. The predicted octanol–water partition coefficient (Wildman–Crippen LogP) is 4.00. The van der Waals surface area contributed by atoms with Crippen molar-refractivity contribution in [2.75, 3.05) is 6.61 Å². The molecule has 0 fully saturated rings. The molecule has 162 valence electrons. The van der Waals surface area contributed by atoms with Gasteiger partial charge in [0, 0.05) is 6.07 Å². The Bertz CT molecular complexity index is 1160. The number of carbonyl (C=O) groups is 2. The summed E-state index contributed by atoms with van der Waals surface area (Å²) in [7, 11) is 0. The molecule has 0 bridgehead atoms. The monoisotopic (exact) mass is 453 g/mol. The summed E-state index contributed by atoms with van der Waals surface area (Å²) in [5.41, 5.74) is 2.91. The number of nitro groups is 1. The summed E-state index contributed by atoms with van der Waals surface area (Å²) in [6.45, 7) is -0.445. The molecule has 0 aliphatic rings. The van der Waals surface area contributed by atoms with E-state index in [-0.39, 0.29) is 17.0 Å². The predicted molar refractivity (Wildman–Crippen MR) is 117 cm³/mol. The smallest absolute Gasteiger partial charge is 0.345 e. The van der Waals surface area contributed by atoms with Gasteiger partial charge in [-0.3, -0.25) is 14.9 Å². The van der Waals surface area contributed by atoms with E-state index in [0.717, 1.165) is 0 Å². The topological polar surface area (TPSA) is 120 Å². The molecule has 0 atom stereocenters. The standard InChI is InChI=1S/C22H16ClN3O6/c23-18-6-2-1-5-17(18)22(28)32-16-11-9-15(10-12-16)13-24-25-21(27)14-31-20-8-4-3-7-19(20)26(29)30/h1-13H,14H2,(H,25,27). The van der Waals surface area contributed by atoms with Crippen LogP contribution in [-0.2, 0) is 4.79 Å². The zero-order chi connectivity index (χ0) is 22.9. The summed E-state index contributed by atoms with van der Waals surface area (Å²) < 4.78 is 10.5. The van der Waals surface area contributed by atoms with Crippen LogP contribution in [0.1, 0.15) is 15.9 Å². The number of nitro benzene ring substituents is 1. The lowest BCUT2D eigenvalue weighted by molar-refractivity contribution is -0.385. The van der Waals surface area contributed by atoms with Gasteiger partial charge in [0.25, 0.3) is 5.91 Å². The van der Waals surface area contributed by atoms with Gasteiger partial charge in [-0.15, -0.1) is 0 Å². The molecule has 3 aromatic rings. The van der Waals surface area contributed by atoms with E-state index in [2.05, 4.69) is 10.5 Å². The van der Waals surface area contributed by atoms with E-state index < -0.39 is 23.4 Å². The number of halogens is 1. The molecular formula is C22H16ClN3O6. The molecule has 32 heavy (non-hydrogen) atoms. The maximum Gasteiger partial charge on any atom is 0.345 e. The molecule has 10 heteroatoms. The van der Waals surface area contributed by atoms with Crippen LogP contribution < -0.4 is 14.9 Å². The third-order valence-corrected chi connectivity index (χ3v) is 4.34.